The van der Waals surface area contributed by atoms with Gasteiger partial charge in [0.1, 0.15) is 11.5 Å². The topological polar surface area (TPSA) is 125 Å². The van der Waals surface area contributed by atoms with Crippen LogP contribution in [-0.4, -0.2) is 93.1 Å². The maximum absolute atomic E-state index is 12.3. The molecule has 27 heavy (non-hydrogen) atoms. The summed E-state index contributed by atoms with van der Waals surface area (Å²) in [5.41, 5.74) is -0.0401. The van der Waals surface area contributed by atoms with E-state index in [1.165, 1.54) is 23.6 Å². The first-order valence-electron chi connectivity index (χ1n) is 8.82. The van der Waals surface area contributed by atoms with E-state index in [-0.39, 0.29) is 47.6 Å². The van der Waals surface area contributed by atoms with Crippen LogP contribution in [-0.2, 0) is 14.4 Å². The number of nitrogens with zero attached hydrogens (tertiary/aromatic N) is 3. The number of thioether (sulfide) groups is 1. The number of carbonyl (C=O) groups is 3. The Morgan fingerprint density at radius 3 is 2.59 bits per heavy atom. The Morgan fingerprint density at radius 1 is 1.37 bits per heavy atom. The molecule has 0 bridgehead atoms. The maximum atomic E-state index is 12.3. The number of likely N-dealkylation sites (N-methyl/N-ethyl adjacent to an activating group) is 1. The molecule has 2 amide bonds. The number of rotatable bonds is 5. The molecule has 0 saturated carbocycles. The molecule has 3 aliphatic rings. The number of amides is 2. The lowest BCUT2D eigenvalue weighted by Crippen LogP contribution is -2.63. The lowest BCUT2D eigenvalue weighted by Gasteiger charge is -2.46. The first-order valence-corrected chi connectivity index (χ1v) is 9.81. The number of amidine groups is 1. The fraction of sp³-hybridized carbons (Fsp3) is 0.647. The fourth-order valence-electron chi connectivity index (χ4n) is 3.94. The number of carboxylic acids is 1. The molecule has 0 aromatic heterocycles. The molecule has 4 atom stereocenters. The van der Waals surface area contributed by atoms with Gasteiger partial charge in [-0.3, -0.25) is 15.0 Å². The minimum Gasteiger partial charge on any atom is -0.477 e. The van der Waals surface area contributed by atoms with Crippen molar-refractivity contribution in [2.45, 2.75) is 26.0 Å². The Labute approximate surface area is 161 Å². The first-order chi connectivity index (χ1) is 12.6. The summed E-state index contributed by atoms with van der Waals surface area (Å²) in [6, 6.07) is -0.356. The Balaban J connectivity index is 1.72. The highest BCUT2D eigenvalue weighted by Crippen LogP contribution is 2.50. The molecule has 3 heterocycles. The molecular formula is C17H24N4O5S. The van der Waals surface area contributed by atoms with Gasteiger partial charge in [0.15, 0.2) is 0 Å². The lowest BCUT2D eigenvalue weighted by molar-refractivity contribution is -0.163. The molecule has 10 heteroatoms. The van der Waals surface area contributed by atoms with Gasteiger partial charge in [-0.15, -0.1) is 11.8 Å². The molecule has 0 aromatic carbocycles. The molecule has 3 aliphatic heterocycles. The number of piperazine rings is 1. The molecule has 0 aliphatic carbocycles. The van der Waals surface area contributed by atoms with E-state index >= 15 is 0 Å². The largest absolute Gasteiger partial charge is 0.477 e. The Hall–Kier alpha value is -2.07. The van der Waals surface area contributed by atoms with Crippen LogP contribution in [0.25, 0.3) is 0 Å². The number of fused-ring (bicyclic) bond motifs is 1. The van der Waals surface area contributed by atoms with E-state index in [1.807, 2.05) is 6.92 Å². The van der Waals surface area contributed by atoms with Gasteiger partial charge in [0.05, 0.1) is 30.4 Å². The van der Waals surface area contributed by atoms with E-state index in [9.17, 15) is 24.6 Å². The average Bonchev–Trinajstić information content (AvgIpc) is 2.83. The predicted molar refractivity (Wildman–Crippen MR) is 99.0 cm³/mol. The predicted octanol–water partition coefficient (Wildman–Crippen LogP) is -0.375. The van der Waals surface area contributed by atoms with Crippen molar-refractivity contribution >= 4 is 35.4 Å². The normalized spacial score (nSPS) is 29.0. The third kappa shape index (κ3) is 3.20. The van der Waals surface area contributed by atoms with Crippen LogP contribution in [0, 0.1) is 17.2 Å². The molecular weight excluding hydrogens is 372 g/mol. The van der Waals surface area contributed by atoms with E-state index in [4.69, 9.17) is 5.41 Å². The van der Waals surface area contributed by atoms with Crippen molar-refractivity contribution in [2.75, 3.05) is 32.4 Å². The van der Waals surface area contributed by atoms with Crippen LogP contribution in [0.1, 0.15) is 13.8 Å². The third-order valence-corrected chi connectivity index (χ3v) is 6.81. The Morgan fingerprint density at radius 2 is 2.04 bits per heavy atom. The van der Waals surface area contributed by atoms with Gasteiger partial charge in [0, 0.05) is 31.0 Å². The van der Waals surface area contributed by atoms with E-state index in [1.54, 1.807) is 16.8 Å². The number of β-lactam (4-membered cyclic amide) rings is 1. The highest BCUT2D eigenvalue weighted by molar-refractivity contribution is 8.03. The van der Waals surface area contributed by atoms with Crippen LogP contribution in [0.3, 0.4) is 0 Å². The summed E-state index contributed by atoms with van der Waals surface area (Å²) in [6.45, 7) is 4.65. The SMILES string of the molecule is C[C@@H](O)[C@H]1C(=O)N2C(C(=O)O)=C(SCC(=N)N3CCN(C)C(=O)C3)[C@H](C)[C@H]12. The summed E-state index contributed by atoms with van der Waals surface area (Å²) in [6.07, 6.45) is -0.838. The van der Waals surface area contributed by atoms with Crippen molar-refractivity contribution in [1.82, 2.24) is 14.7 Å². The van der Waals surface area contributed by atoms with Gasteiger partial charge in [0.25, 0.3) is 0 Å². The Kier molecular flexibility index (Phi) is 5.22. The number of hydrogen-bond acceptors (Lipinski definition) is 6. The number of hydrogen-bond donors (Lipinski definition) is 3. The molecule has 0 radical (unpaired) electrons. The van der Waals surface area contributed by atoms with Gasteiger partial charge in [0.2, 0.25) is 11.8 Å². The number of nitrogens with one attached hydrogen (secondary N) is 1. The number of aliphatic hydroxyl groups is 1. The quantitative estimate of drug-likeness (QED) is 0.329. The minimum absolute atomic E-state index is 0.0401. The first kappa shape index (κ1) is 19.7. The number of aliphatic carboxylic acids is 1. The summed E-state index contributed by atoms with van der Waals surface area (Å²) in [7, 11) is 1.72. The second-order valence-corrected chi connectivity index (χ2v) is 8.26. The second-order valence-electron chi connectivity index (χ2n) is 7.24. The van der Waals surface area contributed by atoms with E-state index < -0.39 is 18.0 Å². The molecule has 0 unspecified atom stereocenters. The molecule has 3 N–H and O–H groups in total. The zero-order valence-corrected chi connectivity index (χ0v) is 16.3. The van der Waals surface area contributed by atoms with Gasteiger partial charge in [-0.2, -0.15) is 0 Å². The summed E-state index contributed by atoms with van der Waals surface area (Å²) in [4.78, 5) is 41.0. The van der Waals surface area contributed by atoms with Crippen molar-refractivity contribution < 1.29 is 24.6 Å². The number of carboxylic acid groups (broad SMARTS) is 1. The van der Waals surface area contributed by atoms with E-state index in [0.717, 1.165) is 0 Å². The molecule has 9 nitrogen and oxygen atoms in total. The highest BCUT2D eigenvalue weighted by atomic mass is 32.2. The van der Waals surface area contributed by atoms with Gasteiger partial charge in [-0.1, -0.05) is 6.92 Å². The zero-order chi connectivity index (χ0) is 20.0. The summed E-state index contributed by atoms with van der Waals surface area (Å²) in [5, 5.41) is 27.7. The standard InChI is InChI=1S/C17H24N4O5S/c1-8-13-12(9(2)22)16(24)21(13)14(17(25)26)15(8)27-7-10(18)20-5-4-19(3)11(23)6-20/h8-9,12-13,18,22H,4-7H2,1-3H3,(H,25,26)/t8-,9-,12-,13-/m1/s1. The molecule has 0 spiro atoms. The lowest BCUT2D eigenvalue weighted by atomic mass is 9.79. The molecule has 2 saturated heterocycles. The van der Waals surface area contributed by atoms with Crippen LogP contribution in [0.4, 0.5) is 0 Å². The fourth-order valence-corrected chi connectivity index (χ4v) is 5.14. The van der Waals surface area contributed by atoms with Gasteiger partial charge in [-0.25, -0.2) is 4.79 Å². The molecule has 0 aromatic rings. The maximum Gasteiger partial charge on any atom is 0.353 e. The van der Waals surface area contributed by atoms with Crippen molar-refractivity contribution in [3.8, 4) is 0 Å². The zero-order valence-electron chi connectivity index (χ0n) is 15.5. The van der Waals surface area contributed by atoms with Crippen LogP contribution < -0.4 is 0 Å². The monoisotopic (exact) mass is 396 g/mol. The summed E-state index contributed by atoms with van der Waals surface area (Å²) < 4.78 is 0. The van der Waals surface area contributed by atoms with Crippen molar-refractivity contribution in [2.24, 2.45) is 11.8 Å². The van der Waals surface area contributed by atoms with Gasteiger partial charge < -0.3 is 24.9 Å². The van der Waals surface area contributed by atoms with Gasteiger partial charge >= 0.3 is 5.97 Å². The van der Waals surface area contributed by atoms with Crippen molar-refractivity contribution in [3.63, 3.8) is 0 Å². The van der Waals surface area contributed by atoms with Crippen LogP contribution in [0.5, 0.6) is 0 Å². The van der Waals surface area contributed by atoms with E-state index in [2.05, 4.69) is 0 Å². The second kappa shape index (κ2) is 7.16. The van der Waals surface area contributed by atoms with Crippen LogP contribution in [0.2, 0.25) is 0 Å². The van der Waals surface area contributed by atoms with Crippen LogP contribution >= 0.6 is 11.8 Å². The summed E-state index contributed by atoms with van der Waals surface area (Å²) in [5.74, 6) is -1.92. The van der Waals surface area contributed by atoms with Gasteiger partial charge in [-0.05, 0) is 6.92 Å². The third-order valence-electron chi connectivity index (χ3n) is 5.51. The van der Waals surface area contributed by atoms with Crippen molar-refractivity contribution in [3.05, 3.63) is 10.6 Å². The molecule has 2 fully saturated rings. The molecule has 148 valence electrons. The molecule has 3 rings (SSSR count). The van der Waals surface area contributed by atoms with Crippen LogP contribution in [0.15, 0.2) is 10.6 Å². The average molecular weight is 396 g/mol. The highest BCUT2D eigenvalue weighted by Gasteiger charge is 2.59. The minimum atomic E-state index is -1.18. The van der Waals surface area contributed by atoms with E-state index in [0.29, 0.717) is 18.0 Å². The number of aliphatic hydroxyl groups excluding tert-OH is 1. The smallest absolute Gasteiger partial charge is 0.353 e. The number of carbonyl (C=O) groups excluding carboxylic acids is 2. The summed E-state index contributed by atoms with van der Waals surface area (Å²) >= 11 is 1.23. The Bertz CT molecular complexity index is 737. The van der Waals surface area contributed by atoms with Crippen molar-refractivity contribution in [1.29, 1.82) is 5.41 Å².